The Bertz CT molecular complexity index is 585. The minimum absolute atomic E-state index is 0.563. The maximum atomic E-state index is 5.95. The molecule has 0 saturated heterocycles. The third-order valence-electron chi connectivity index (χ3n) is 3.66. The first-order valence-electron chi connectivity index (χ1n) is 6.70. The molecule has 2 N–H and O–H groups in total. The van der Waals surface area contributed by atoms with Crippen LogP contribution in [-0.4, -0.2) is 14.5 Å². The largest absolute Gasteiger partial charge is 0.383 e. The van der Waals surface area contributed by atoms with E-state index < -0.39 is 0 Å². The molecule has 2 heterocycles. The van der Waals surface area contributed by atoms with Crippen molar-refractivity contribution < 1.29 is 0 Å². The number of pyridine rings is 1. The molecule has 1 unspecified atom stereocenters. The van der Waals surface area contributed by atoms with Crippen molar-refractivity contribution in [3.8, 4) is 11.3 Å². The van der Waals surface area contributed by atoms with Gasteiger partial charge in [-0.05, 0) is 37.3 Å². The van der Waals surface area contributed by atoms with Crippen molar-refractivity contribution in [3.63, 3.8) is 0 Å². The number of anilines is 1. The Labute approximate surface area is 113 Å². The van der Waals surface area contributed by atoms with Gasteiger partial charge >= 0.3 is 0 Å². The van der Waals surface area contributed by atoms with Gasteiger partial charge in [-0.15, -0.1) is 0 Å². The molecule has 3 rings (SSSR count). The first kappa shape index (κ1) is 12.0. The van der Waals surface area contributed by atoms with E-state index in [1.807, 2.05) is 24.7 Å². The summed E-state index contributed by atoms with van der Waals surface area (Å²) in [4.78, 5) is 8.42. The van der Waals surface area contributed by atoms with Gasteiger partial charge in [0.05, 0.1) is 18.2 Å². The maximum Gasteiger partial charge on any atom is 0.132 e. The highest BCUT2D eigenvalue weighted by Gasteiger charge is 2.14. The van der Waals surface area contributed by atoms with Crippen molar-refractivity contribution in [1.82, 2.24) is 14.5 Å². The highest BCUT2D eigenvalue weighted by atomic mass is 15.1. The van der Waals surface area contributed by atoms with Crippen LogP contribution in [0.25, 0.3) is 11.3 Å². The van der Waals surface area contributed by atoms with Crippen LogP contribution in [0.2, 0.25) is 0 Å². The highest BCUT2D eigenvalue weighted by Crippen LogP contribution is 2.26. The zero-order valence-corrected chi connectivity index (χ0v) is 10.9. The normalized spacial score (nSPS) is 18.6. The Balaban J connectivity index is 1.86. The summed E-state index contributed by atoms with van der Waals surface area (Å²) in [6.07, 6.45) is 13.6. The summed E-state index contributed by atoms with van der Waals surface area (Å²) in [7, 11) is 0. The number of nitrogen functional groups attached to an aromatic ring is 1. The summed E-state index contributed by atoms with van der Waals surface area (Å²) in [6.45, 7) is 0.994. The van der Waals surface area contributed by atoms with E-state index in [4.69, 9.17) is 5.73 Å². The third-order valence-corrected chi connectivity index (χ3v) is 3.66. The minimum atomic E-state index is 0.563. The van der Waals surface area contributed by atoms with Crippen LogP contribution >= 0.6 is 0 Å². The van der Waals surface area contributed by atoms with Crippen LogP contribution in [0, 0.1) is 5.92 Å². The lowest BCUT2D eigenvalue weighted by Crippen LogP contribution is -2.12. The fraction of sp³-hybridized carbons (Fsp3) is 0.333. The van der Waals surface area contributed by atoms with E-state index in [0.717, 1.165) is 24.2 Å². The van der Waals surface area contributed by atoms with Gasteiger partial charge in [0.25, 0.3) is 0 Å². The molecule has 1 aliphatic carbocycles. The van der Waals surface area contributed by atoms with Gasteiger partial charge < -0.3 is 10.3 Å². The summed E-state index contributed by atoms with van der Waals surface area (Å²) in [5.74, 6) is 1.25. The zero-order chi connectivity index (χ0) is 13.1. The predicted molar refractivity (Wildman–Crippen MR) is 76.4 cm³/mol. The summed E-state index contributed by atoms with van der Waals surface area (Å²) in [5.41, 5.74) is 7.97. The molecule has 0 spiro atoms. The lowest BCUT2D eigenvalue weighted by Gasteiger charge is -2.19. The monoisotopic (exact) mass is 254 g/mol. The second kappa shape index (κ2) is 5.26. The molecule has 0 bridgehead atoms. The molecule has 0 amide bonds. The molecular weight excluding hydrogens is 236 g/mol. The third kappa shape index (κ3) is 2.52. The Morgan fingerprint density at radius 1 is 1.37 bits per heavy atom. The predicted octanol–water partition coefficient (Wildman–Crippen LogP) is 2.88. The lowest BCUT2D eigenvalue weighted by atomic mass is 9.94. The molecule has 0 fully saturated rings. The second-order valence-electron chi connectivity index (χ2n) is 5.02. The van der Waals surface area contributed by atoms with Crippen LogP contribution in [0.3, 0.4) is 0 Å². The van der Waals surface area contributed by atoms with E-state index in [9.17, 15) is 0 Å². The Kier molecular flexibility index (Phi) is 3.31. The van der Waals surface area contributed by atoms with Crippen molar-refractivity contribution in [2.45, 2.75) is 25.8 Å². The number of rotatable bonds is 3. The van der Waals surface area contributed by atoms with Gasteiger partial charge in [-0.2, -0.15) is 0 Å². The highest BCUT2D eigenvalue weighted by molar-refractivity contribution is 5.70. The number of aromatic nitrogens is 3. The molecular formula is C15H18N4. The first-order valence-corrected chi connectivity index (χ1v) is 6.70. The van der Waals surface area contributed by atoms with Gasteiger partial charge in [-0.3, -0.25) is 0 Å². The van der Waals surface area contributed by atoms with Crippen LogP contribution in [0.1, 0.15) is 19.3 Å². The topological polar surface area (TPSA) is 56.7 Å². The van der Waals surface area contributed by atoms with Gasteiger partial charge in [0, 0.05) is 18.3 Å². The van der Waals surface area contributed by atoms with Gasteiger partial charge in [-0.1, -0.05) is 12.2 Å². The first-order chi connectivity index (χ1) is 9.34. The maximum absolute atomic E-state index is 5.95. The average Bonchev–Trinajstić information content (AvgIpc) is 2.88. The van der Waals surface area contributed by atoms with Crippen molar-refractivity contribution >= 4 is 5.82 Å². The van der Waals surface area contributed by atoms with Crippen LogP contribution < -0.4 is 5.73 Å². The second-order valence-corrected chi connectivity index (χ2v) is 5.02. The van der Waals surface area contributed by atoms with Gasteiger partial charge in [0.2, 0.25) is 0 Å². The van der Waals surface area contributed by atoms with E-state index >= 15 is 0 Å². The number of nitrogens with two attached hydrogens (primary N) is 1. The fourth-order valence-corrected chi connectivity index (χ4v) is 2.62. The van der Waals surface area contributed by atoms with Gasteiger partial charge in [-0.25, -0.2) is 9.97 Å². The van der Waals surface area contributed by atoms with Crippen LogP contribution in [-0.2, 0) is 6.54 Å². The summed E-state index contributed by atoms with van der Waals surface area (Å²) in [5, 5.41) is 0. The quantitative estimate of drug-likeness (QED) is 0.857. The van der Waals surface area contributed by atoms with Gasteiger partial charge in [0.1, 0.15) is 5.82 Å². The molecule has 1 atom stereocenters. The van der Waals surface area contributed by atoms with Crippen molar-refractivity contribution in [2.24, 2.45) is 5.92 Å². The minimum Gasteiger partial charge on any atom is -0.383 e. The van der Waals surface area contributed by atoms with Crippen molar-refractivity contribution in [1.29, 1.82) is 0 Å². The van der Waals surface area contributed by atoms with E-state index in [-0.39, 0.29) is 0 Å². The number of imidazole rings is 1. The van der Waals surface area contributed by atoms with E-state index in [2.05, 4.69) is 26.7 Å². The van der Waals surface area contributed by atoms with Crippen LogP contribution in [0.5, 0.6) is 0 Å². The lowest BCUT2D eigenvalue weighted by molar-refractivity contribution is 0.412. The Morgan fingerprint density at radius 3 is 3.11 bits per heavy atom. The SMILES string of the molecule is Nc1ncccc1-c1cncn1CC1CC=CCC1. The number of hydrogen-bond donors (Lipinski definition) is 1. The zero-order valence-electron chi connectivity index (χ0n) is 10.9. The van der Waals surface area contributed by atoms with E-state index in [0.29, 0.717) is 11.7 Å². The Hall–Kier alpha value is -2.10. The van der Waals surface area contributed by atoms with Crippen molar-refractivity contribution in [3.05, 3.63) is 43.0 Å². The molecule has 0 aromatic carbocycles. The molecule has 4 nitrogen and oxygen atoms in total. The summed E-state index contributed by atoms with van der Waals surface area (Å²) >= 11 is 0. The molecule has 1 aliphatic rings. The molecule has 19 heavy (non-hydrogen) atoms. The van der Waals surface area contributed by atoms with Crippen LogP contribution in [0.4, 0.5) is 5.82 Å². The number of hydrogen-bond acceptors (Lipinski definition) is 3. The van der Waals surface area contributed by atoms with E-state index in [1.165, 1.54) is 12.8 Å². The van der Waals surface area contributed by atoms with Crippen molar-refractivity contribution in [2.75, 3.05) is 5.73 Å². The number of allylic oxidation sites excluding steroid dienone is 2. The Morgan fingerprint density at radius 2 is 2.32 bits per heavy atom. The molecule has 0 radical (unpaired) electrons. The average molecular weight is 254 g/mol. The van der Waals surface area contributed by atoms with Crippen LogP contribution in [0.15, 0.2) is 43.0 Å². The number of nitrogens with zero attached hydrogens (tertiary/aromatic N) is 3. The fourth-order valence-electron chi connectivity index (χ4n) is 2.62. The smallest absolute Gasteiger partial charge is 0.132 e. The standard InChI is InChI=1S/C15H18N4/c16-15-13(7-4-8-18-15)14-9-17-11-19(14)10-12-5-2-1-3-6-12/h1-2,4,7-9,11-12H,3,5-6,10H2,(H2,16,18). The molecule has 4 heteroatoms. The molecule has 0 saturated carbocycles. The van der Waals surface area contributed by atoms with Gasteiger partial charge in [0.15, 0.2) is 0 Å². The van der Waals surface area contributed by atoms with E-state index in [1.54, 1.807) is 6.20 Å². The summed E-state index contributed by atoms with van der Waals surface area (Å²) in [6, 6.07) is 3.91. The molecule has 2 aromatic rings. The summed E-state index contributed by atoms with van der Waals surface area (Å²) < 4.78 is 2.19. The molecule has 98 valence electrons. The molecule has 0 aliphatic heterocycles. The molecule has 2 aromatic heterocycles.